The number of hydrogen-bond acceptors (Lipinski definition) is 4. The highest BCUT2D eigenvalue weighted by Gasteiger charge is 2.17. The number of rotatable bonds is 7. The fraction of sp³-hybridized carbons (Fsp3) is 0.538. The number of aliphatic hydroxyl groups excluding tert-OH is 1. The van der Waals surface area contributed by atoms with Gasteiger partial charge in [0.2, 0.25) is 0 Å². The zero-order valence-electron chi connectivity index (χ0n) is 11.5. The molecule has 0 fully saturated rings. The zero-order chi connectivity index (χ0) is 15.3. The van der Waals surface area contributed by atoms with Crippen LogP contribution in [0.2, 0.25) is 0 Å². The summed E-state index contributed by atoms with van der Waals surface area (Å²) in [5.74, 6) is -1.47. The molecule has 0 amide bonds. The van der Waals surface area contributed by atoms with Gasteiger partial charge in [-0.2, -0.15) is 0 Å². The molecule has 0 spiro atoms. The minimum atomic E-state index is -3.08. The van der Waals surface area contributed by atoms with Crippen LogP contribution in [-0.2, 0) is 9.84 Å². The Morgan fingerprint density at radius 2 is 2.00 bits per heavy atom. The van der Waals surface area contributed by atoms with E-state index in [2.05, 4.69) is 0 Å². The van der Waals surface area contributed by atoms with Crippen LogP contribution in [-0.4, -0.2) is 50.1 Å². The van der Waals surface area contributed by atoms with Crippen molar-refractivity contribution < 1.29 is 22.3 Å². The average molecular weight is 307 g/mol. The van der Waals surface area contributed by atoms with Gasteiger partial charge in [-0.25, -0.2) is 17.2 Å². The van der Waals surface area contributed by atoms with Gasteiger partial charge in [0.15, 0.2) is 9.84 Å². The predicted octanol–water partition coefficient (Wildman–Crippen LogP) is 1.36. The second-order valence-corrected chi connectivity index (χ2v) is 7.15. The third kappa shape index (κ3) is 5.15. The van der Waals surface area contributed by atoms with Crippen molar-refractivity contribution in [3.63, 3.8) is 0 Å². The molecular formula is C13H19F2NO3S. The number of halogens is 2. The second kappa shape index (κ2) is 7.10. The summed E-state index contributed by atoms with van der Waals surface area (Å²) in [5.41, 5.74) is -0.00315. The standard InChI is InChI=1S/C13H19F2NO3S/c1-3-20(18,19)7-6-16(2)9-13(17)11-5-4-10(14)8-12(11)15/h4-5,8,13,17H,3,6-7,9H2,1-2H3. The molecule has 1 atom stereocenters. The normalized spacial score (nSPS) is 13.7. The van der Waals surface area contributed by atoms with E-state index in [1.54, 1.807) is 18.9 Å². The molecule has 1 rings (SSSR count). The fourth-order valence-corrected chi connectivity index (χ4v) is 2.57. The largest absolute Gasteiger partial charge is 0.387 e. The van der Waals surface area contributed by atoms with Crippen LogP contribution < -0.4 is 0 Å². The van der Waals surface area contributed by atoms with Crippen LogP contribution in [0.1, 0.15) is 18.6 Å². The van der Waals surface area contributed by atoms with Crippen molar-refractivity contribution in [2.24, 2.45) is 0 Å². The summed E-state index contributed by atoms with van der Waals surface area (Å²) >= 11 is 0. The van der Waals surface area contributed by atoms with Gasteiger partial charge in [-0.15, -0.1) is 0 Å². The van der Waals surface area contributed by atoms with E-state index in [-0.39, 0.29) is 30.2 Å². The van der Waals surface area contributed by atoms with Crippen molar-refractivity contribution in [3.05, 3.63) is 35.4 Å². The van der Waals surface area contributed by atoms with Crippen LogP contribution in [0.15, 0.2) is 18.2 Å². The number of nitrogens with zero attached hydrogens (tertiary/aromatic N) is 1. The number of aliphatic hydroxyl groups is 1. The number of sulfone groups is 1. The number of hydrogen-bond donors (Lipinski definition) is 1. The van der Waals surface area contributed by atoms with Crippen LogP contribution in [0.4, 0.5) is 8.78 Å². The Balaban J connectivity index is 2.59. The fourth-order valence-electron chi connectivity index (χ4n) is 1.70. The highest BCUT2D eigenvalue weighted by Crippen LogP contribution is 2.18. The van der Waals surface area contributed by atoms with Crippen LogP contribution in [0.5, 0.6) is 0 Å². The summed E-state index contributed by atoms with van der Waals surface area (Å²) in [6, 6.07) is 2.97. The SMILES string of the molecule is CCS(=O)(=O)CCN(C)CC(O)c1ccc(F)cc1F. The smallest absolute Gasteiger partial charge is 0.151 e. The molecule has 0 radical (unpaired) electrons. The molecule has 1 unspecified atom stereocenters. The molecular weight excluding hydrogens is 288 g/mol. The lowest BCUT2D eigenvalue weighted by Crippen LogP contribution is -2.30. The molecule has 4 nitrogen and oxygen atoms in total. The molecule has 0 aliphatic rings. The van der Waals surface area contributed by atoms with Crippen molar-refractivity contribution in [3.8, 4) is 0 Å². The van der Waals surface area contributed by atoms with Gasteiger partial charge >= 0.3 is 0 Å². The van der Waals surface area contributed by atoms with E-state index in [1.165, 1.54) is 6.07 Å². The molecule has 0 saturated carbocycles. The third-order valence-electron chi connectivity index (χ3n) is 3.03. The van der Waals surface area contributed by atoms with E-state index >= 15 is 0 Å². The quantitative estimate of drug-likeness (QED) is 0.826. The number of benzene rings is 1. The summed E-state index contributed by atoms with van der Waals surface area (Å²) in [7, 11) is -1.44. The van der Waals surface area contributed by atoms with E-state index in [0.29, 0.717) is 6.07 Å². The Morgan fingerprint density at radius 3 is 2.55 bits per heavy atom. The van der Waals surface area contributed by atoms with Crippen LogP contribution in [0.25, 0.3) is 0 Å². The molecule has 0 aliphatic heterocycles. The topological polar surface area (TPSA) is 57.6 Å². The number of likely N-dealkylation sites (N-methyl/N-ethyl adjacent to an activating group) is 1. The van der Waals surface area contributed by atoms with Gasteiger partial charge in [0.25, 0.3) is 0 Å². The molecule has 1 aromatic carbocycles. The lowest BCUT2D eigenvalue weighted by atomic mass is 10.1. The summed E-state index contributed by atoms with van der Waals surface area (Å²) in [6.07, 6.45) is -1.13. The Bertz CT molecular complexity index is 549. The van der Waals surface area contributed by atoms with Gasteiger partial charge in [-0.3, -0.25) is 0 Å². The summed E-state index contributed by atoms with van der Waals surface area (Å²) in [6.45, 7) is 1.88. The maximum Gasteiger partial charge on any atom is 0.151 e. The monoisotopic (exact) mass is 307 g/mol. The van der Waals surface area contributed by atoms with Crippen LogP contribution in [0.3, 0.4) is 0 Å². The minimum absolute atomic E-state index is 0.00315. The van der Waals surface area contributed by atoms with Gasteiger partial charge in [0, 0.05) is 30.5 Å². The van der Waals surface area contributed by atoms with E-state index in [0.717, 1.165) is 6.07 Å². The average Bonchev–Trinajstić information content (AvgIpc) is 2.36. The van der Waals surface area contributed by atoms with Crippen molar-refractivity contribution in [1.29, 1.82) is 0 Å². The molecule has 1 aromatic rings. The maximum absolute atomic E-state index is 13.5. The molecule has 0 heterocycles. The van der Waals surface area contributed by atoms with Gasteiger partial charge in [0.05, 0.1) is 11.9 Å². The minimum Gasteiger partial charge on any atom is -0.387 e. The zero-order valence-corrected chi connectivity index (χ0v) is 12.3. The van der Waals surface area contributed by atoms with Crippen molar-refractivity contribution >= 4 is 9.84 Å². The van der Waals surface area contributed by atoms with Gasteiger partial charge in [-0.1, -0.05) is 13.0 Å². The Morgan fingerprint density at radius 1 is 1.35 bits per heavy atom. The molecule has 20 heavy (non-hydrogen) atoms. The van der Waals surface area contributed by atoms with Crippen LogP contribution >= 0.6 is 0 Å². The van der Waals surface area contributed by atoms with E-state index < -0.39 is 27.6 Å². The molecule has 0 bridgehead atoms. The first-order valence-corrected chi connectivity index (χ1v) is 8.09. The Hall–Kier alpha value is -1.05. The lowest BCUT2D eigenvalue weighted by molar-refractivity contribution is 0.126. The van der Waals surface area contributed by atoms with E-state index in [4.69, 9.17) is 0 Å². The molecule has 0 aliphatic carbocycles. The Labute approximate surface area is 117 Å². The molecule has 1 N–H and O–H groups in total. The Kier molecular flexibility index (Phi) is 6.04. The van der Waals surface area contributed by atoms with E-state index in [9.17, 15) is 22.3 Å². The highest BCUT2D eigenvalue weighted by molar-refractivity contribution is 7.91. The van der Waals surface area contributed by atoms with Crippen molar-refractivity contribution in [2.45, 2.75) is 13.0 Å². The molecule has 0 aromatic heterocycles. The molecule has 0 saturated heterocycles. The summed E-state index contributed by atoms with van der Waals surface area (Å²) < 4.78 is 49.0. The maximum atomic E-state index is 13.5. The van der Waals surface area contributed by atoms with Gasteiger partial charge in [-0.05, 0) is 13.1 Å². The second-order valence-electron chi connectivity index (χ2n) is 4.68. The third-order valence-corrected chi connectivity index (χ3v) is 4.71. The molecule has 7 heteroatoms. The van der Waals surface area contributed by atoms with Gasteiger partial charge < -0.3 is 10.0 Å². The van der Waals surface area contributed by atoms with E-state index in [1.807, 2.05) is 0 Å². The summed E-state index contributed by atoms with van der Waals surface area (Å²) in [5, 5.41) is 9.90. The predicted molar refractivity (Wildman–Crippen MR) is 73.1 cm³/mol. The first-order valence-electron chi connectivity index (χ1n) is 6.27. The van der Waals surface area contributed by atoms with Crippen molar-refractivity contribution in [1.82, 2.24) is 4.90 Å². The van der Waals surface area contributed by atoms with Crippen LogP contribution in [0, 0.1) is 11.6 Å². The van der Waals surface area contributed by atoms with Gasteiger partial charge in [0.1, 0.15) is 11.6 Å². The van der Waals surface area contributed by atoms with Crippen molar-refractivity contribution in [2.75, 3.05) is 31.6 Å². The first kappa shape index (κ1) is 17.0. The molecule has 114 valence electrons. The lowest BCUT2D eigenvalue weighted by Gasteiger charge is -2.21. The summed E-state index contributed by atoms with van der Waals surface area (Å²) in [4.78, 5) is 1.60. The highest BCUT2D eigenvalue weighted by atomic mass is 32.2. The first-order chi connectivity index (χ1) is 9.25.